The number of rotatable bonds is 16. The number of likely N-dealkylation sites (N-methyl/N-ethyl adjacent to an activating group) is 2. The molecule has 4 heterocycles. The normalized spacial score (nSPS) is 39.9. The number of aliphatic hydroxyl groups is 5. The van der Waals surface area contributed by atoms with Crippen LogP contribution in [0.25, 0.3) is 0 Å². The van der Waals surface area contributed by atoms with Gasteiger partial charge in [-0.05, 0) is 123 Å². The van der Waals surface area contributed by atoms with Crippen LogP contribution in [-0.2, 0) is 57.4 Å². The van der Waals surface area contributed by atoms with Crippen molar-refractivity contribution in [1.29, 1.82) is 0 Å². The third-order valence-electron chi connectivity index (χ3n) is 15.4. The van der Waals surface area contributed by atoms with Gasteiger partial charge in [-0.1, -0.05) is 26.0 Å². The fourth-order valence-electron chi connectivity index (χ4n) is 10.8. The van der Waals surface area contributed by atoms with Gasteiger partial charge < -0.3 is 73.0 Å². The van der Waals surface area contributed by atoms with Crippen molar-refractivity contribution in [1.82, 2.24) is 24.8 Å². The summed E-state index contributed by atoms with van der Waals surface area (Å²) in [7, 11) is 5.27. The van der Waals surface area contributed by atoms with Gasteiger partial charge in [0.05, 0.1) is 53.8 Å². The van der Waals surface area contributed by atoms with Crippen molar-refractivity contribution in [3.63, 3.8) is 0 Å². The summed E-state index contributed by atoms with van der Waals surface area (Å²) < 4.78 is 57.6. The number of carbonyl (C=O) groups excluding carboxylic acids is 1. The first-order valence-electron chi connectivity index (χ1n) is 25.4. The summed E-state index contributed by atoms with van der Waals surface area (Å²) in [6, 6.07) is 6.23. The molecule has 3 saturated heterocycles. The Hall–Kier alpha value is -2.54. The lowest BCUT2D eigenvalue weighted by Gasteiger charge is -2.49. The van der Waals surface area contributed by atoms with Gasteiger partial charge in [-0.2, -0.15) is 0 Å². The predicted octanol–water partition coefficient (Wildman–Crippen LogP) is 3.31. The zero-order valence-corrected chi connectivity index (χ0v) is 45.5. The first kappa shape index (κ1) is 59.3. The summed E-state index contributed by atoms with van der Waals surface area (Å²) in [5, 5.41) is 68.3. The first-order chi connectivity index (χ1) is 33.2. The molecule has 0 amide bonds. The second-order valence-corrected chi connectivity index (χ2v) is 22.9. The van der Waals surface area contributed by atoms with Crippen LogP contribution < -0.4 is 4.74 Å². The monoisotopic (exact) mass is 1030 g/mol. The molecule has 5 N–H and O–H groups in total. The summed E-state index contributed by atoms with van der Waals surface area (Å²) in [5.41, 5.74) is -3.74. The Morgan fingerprint density at radius 2 is 1.66 bits per heavy atom. The Balaban J connectivity index is 1.38. The average molecular weight is 1030 g/mol. The quantitative estimate of drug-likeness (QED) is 0.0920. The van der Waals surface area contributed by atoms with Crippen molar-refractivity contribution < 1.29 is 68.0 Å². The van der Waals surface area contributed by atoms with Gasteiger partial charge in [0.25, 0.3) is 0 Å². The van der Waals surface area contributed by atoms with E-state index in [1.807, 2.05) is 58.1 Å². The molecule has 20 heteroatoms. The molecule has 0 spiro atoms. The fourth-order valence-corrected chi connectivity index (χ4v) is 11.3. The van der Waals surface area contributed by atoms with E-state index in [-0.39, 0.29) is 31.3 Å². The lowest BCUT2D eigenvalue weighted by Crippen LogP contribution is -2.61. The van der Waals surface area contributed by atoms with E-state index in [1.54, 1.807) is 64.6 Å². The molecule has 1 aromatic heterocycles. The predicted molar refractivity (Wildman–Crippen MR) is 266 cm³/mol. The van der Waals surface area contributed by atoms with Crippen LogP contribution >= 0.6 is 0 Å². The molecule has 0 saturated carbocycles. The number of aromatic nitrogens is 3. The number of cyclic esters (lactones) is 1. The second kappa shape index (κ2) is 25.3. The number of aliphatic hydroxyl groups excluding tert-OH is 3. The Morgan fingerprint density at radius 3 is 2.30 bits per heavy atom. The lowest BCUT2D eigenvalue weighted by atomic mass is 9.77. The van der Waals surface area contributed by atoms with Crippen LogP contribution in [0.1, 0.15) is 107 Å². The number of esters is 1. The summed E-state index contributed by atoms with van der Waals surface area (Å²) in [6.07, 6.45) is -4.23. The highest BCUT2D eigenvalue weighted by Crippen LogP contribution is 2.40. The molecule has 71 heavy (non-hydrogen) atoms. The molecule has 0 radical (unpaired) electrons. The number of methoxy groups -OCH3 is 1. The number of hydrogen-bond acceptors (Lipinski definition) is 18. The number of carbonyl (C=O) groups is 1. The van der Waals surface area contributed by atoms with Crippen molar-refractivity contribution in [3.8, 4) is 5.75 Å². The Kier molecular flexibility index (Phi) is 21.2. The van der Waals surface area contributed by atoms with Crippen molar-refractivity contribution in [2.75, 3.05) is 47.2 Å². The maximum absolute atomic E-state index is 14.5. The summed E-state index contributed by atoms with van der Waals surface area (Å²) in [6.45, 7) is 19.6. The zero-order valence-electron chi connectivity index (χ0n) is 44.7. The van der Waals surface area contributed by atoms with Gasteiger partial charge in [0.2, 0.25) is 0 Å². The van der Waals surface area contributed by atoms with Crippen LogP contribution in [0, 0.1) is 17.8 Å². The third kappa shape index (κ3) is 14.9. The van der Waals surface area contributed by atoms with Gasteiger partial charge in [0.1, 0.15) is 42.0 Å². The SMILES string of the molecule is CC[C@H]1OC(=O)[C@H](C)[C@@H](O[C@H]2C[C@@](C)(OC)[C@@H](O)[C@H](C)O2)[C@H](C)[C@@H](O[C@@H]2O[C@H](C)C[C@H](N(C)CCc3cn(CCCOc4ccc([S+](C)[O-])cc4)nn3)[C@H]2O)[C@](C)(O)C[C@@H](C)CN(C)[C@H](C)[C@@H](O)[C@]1(C)O. The van der Waals surface area contributed by atoms with Crippen LogP contribution in [0.15, 0.2) is 35.4 Å². The van der Waals surface area contributed by atoms with E-state index < -0.39 is 113 Å². The minimum atomic E-state index is -1.84. The van der Waals surface area contributed by atoms with E-state index in [0.717, 1.165) is 10.6 Å². The maximum atomic E-state index is 14.5. The minimum absolute atomic E-state index is 0.101. The summed E-state index contributed by atoms with van der Waals surface area (Å²) >= 11 is -1.05. The van der Waals surface area contributed by atoms with Crippen molar-refractivity contribution in [2.45, 2.75) is 210 Å². The Labute approximate surface area is 425 Å². The second-order valence-electron chi connectivity index (χ2n) is 21.5. The van der Waals surface area contributed by atoms with Crippen LogP contribution in [0.5, 0.6) is 5.75 Å². The van der Waals surface area contributed by atoms with E-state index >= 15 is 0 Å². The van der Waals surface area contributed by atoms with Crippen LogP contribution in [0.3, 0.4) is 0 Å². The van der Waals surface area contributed by atoms with Gasteiger partial charge in [-0.3, -0.25) is 9.48 Å². The standard InChI is InChI=1S/C51H87N5O14S/c1-15-40-51(10,62)44(58)34(6)55(12)28-30(2)26-49(8,61)46(32(4)43(33(5)47(60)68-40)69-41-27-50(9,64-13)45(59)35(7)67-41)70-48-42(57)39(25-31(3)66-48)54(11)23-21-36-29-56(53-52-36)22-16-24-65-37-17-19-38(20-18-37)71(14)63/h17-20,29-35,39-46,48,57-59,61-62H,15-16,21-28H2,1-14H3/t30-,31-,32+,33-,34-,35+,39+,40-,41+,42-,43+,44-,45+,46-,48+,49-,50-,51-,71?/m1/s1. The van der Waals surface area contributed by atoms with Crippen LogP contribution in [0.2, 0.25) is 0 Å². The Morgan fingerprint density at radius 1 is 0.986 bits per heavy atom. The molecule has 5 rings (SSSR count). The highest BCUT2D eigenvalue weighted by molar-refractivity contribution is 7.90. The summed E-state index contributed by atoms with van der Waals surface area (Å²) in [5.74, 6) is -2.07. The molecule has 0 aliphatic carbocycles. The largest absolute Gasteiger partial charge is 0.612 e. The maximum Gasteiger partial charge on any atom is 0.311 e. The van der Waals surface area contributed by atoms with Crippen molar-refractivity contribution in [2.24, 2.45) is 17.8 Å². The van der Waals surface area contributed by atoms with Gasteiger partial charge in [-0.25, -0.2) is 0 Å². The van der Waals surface area contributed by atoms with E-state index in [9.17, 15) is 34.9 Å². The lowest BCUT2D eigenvalue weighted by molar-refractivity contribution is -0.318. The molecule has 1 unspecified atom stereocenters. The number of ether oxygens (including phenoxy) is 7. The third-order valence-corrected chi connectivity index (χ3v) is 16.3. The van der Waals surface area contributed by atoms with E-state index in [2.05, 4.69) is 15.2 Å². The van der Waals surface area contributed by atoms with E-state index in [4.69, 9.17) is 33.2 Å². The van der Waals surface area contributed by atoms with E-state index in [1.165, 1.54) is 14.0 Å². The van der Waals surface area contributed by atoms with Crippen molar-refractivity contribution in [3.05, 3.63) is 36.2 Å². The van der Waals surface area contributed by atoms with Crippen LogP contribution in [0.4, 0.5) is 0 Å². The van der Waals surface area contributed by atoms with Crippen molar-refractivity contribution >= 4 is 17.1 Å². The topological polar surface area (TPSA) is 243 Å². The number of hydrogen-bond donors (Lipinski definition) is 5. The summed E-state index contributed by atoms with van der Waals surface area (Å²) in [4.78, 5) is 19.2. The molecule has 1 aromatic carbocycles. The highest BCUT2D eigenvalue weighted by atomic mass is 32.2. The molecule has 19 atom stereocenters. The van der Waals surface area contributed by atoms with Gasteiger partial charge >= 0.3 is 5.97 Å². The van der Waals surface area contributed by atoms with E-state index in [0.29, 0.717) is 51.3 Å². The van der Waals surface area contributed by atoms with Gasteiger partial charge in [0.15, 0.2) is 17.5 Å². The number of benzene rings is 1. The Bertz CT molecular complexity index is 1950. The first-order valence-corrected chi connectivity index (χ1v) is 27.0. The fraction of sp³-hybridized carbons (Fsp3) is 0.824. The number of aryl methyl sites for hydroxylation is 1. The molecular weight excluding hydrogens is 939 g/mol. The molecule has 406 valence electrons. The molecule has 3 aliphatic rings. The zero-order chi connectivity index (χ0) is 52.7. The molecule has 3 fully saturated rings. The molecule has 0 bridgehead atoms. The van der Waals surface area contributed by atoms with Crippen LogP contribution in [-0.4, -0.2) is 198 Å². The minimum Gasteiger partial charge on any atom is -0.612 e. The molecule has 3 aliphatic heterocycles. The van der Waals surface area contributed by atoms with Gasteiger partial charge in [-0.15, -0.1) is 5.10 Å². The molecule has 19 nitrogen and oxygen atoms in total. The highest BCUT2D eigenvalue weighted by Gasteiger charge is 2.53. The van der Waals surface area contributed by atoms with Gasteiger partial charge in [0, 0.05) is 70.2 Å². The molecule has 2 aromatic rings. The average Bonchev–Trinajstić information content (AvgIpc) is 3.78. The number of nitrogens with zero attached hydrogens (tertiary/aromatic N) is 5. The molecular formula is C51H87N5O14S. The smallest absolute Gasteiger partial charge is 0.311 e.